The topological polar surface area (TPSA) is 12.4 Å². The van der Waals surface area contributed by atoms with E-state index in [9.17, 15) is 0 Å². The molecule has 0 aliphatic heterocycles. The lowest BCUT2D eigenvalue weighted by atomic mass is 9.89. The minimum Gasteiger partial charge on any atom is -0.290 e. The summed E-state index contributed by atoms with van der Waals surface area (Å²) < 4.78 is 0. The lowest BCUT2D eigenvalue weighted by molar-refractivity contribution is 0.350. The van der Waals surface area contributed by atoms with Crippen molar-refractivity contribution in [3.05, 3.63) is 34.9 Å². The molecule has 0 saturated heterocycles. The molecule has 0 aromatic heterocycles. The van der Waals surface area contributed by atoms with Gasteiger partial charge < -0.3 is 0 Å². The first-order valence-corrected chi connectivity index (χ1v) is 6.03. The molecule has 1 atom stereocenters. The second kappa shape index (κ2) is 5.49. The Kier molecular flexibility index (Phi) is 4.55. The molecule has 2 heteroatoms. The van der Waals surface area contributed by atoms with E-state index in [0.29, 0.717) is 11.5 Å². The van der Waals surface area contributed by atoms with Crippen LogP contribution in [0.2, 0.25) is 5.02 Å². The van der Waals surface area contributed by atoms with Gasteiger partial charge in [-0.3, -0.25) is 4.99 Å². The quantitative estimate of drug-likeness (QED) is 0.683. The number of rotatable bonds is 3. The van der Waals surface area contributed by atoms with Gasteiger partial charge in [0.2, 0.25) is 0 Å². The third kappa shape index (κ3) is 5.32. The Balaban J connectivity index is 2.56. The van der Waals surface area contributed by atoms with Crippen LogP contribution in [-0.4, -0.2) is 12.3 Å². The van der Waals surface area contributed by atoms with Crippen LogP contribution >= 0.6 is 11.6 Å². The Morgan fingerprint density at radius 3 is 2.31 bits per heavy atom. The Morgan fingerprint density at radius 2 is 1.81 bits per heavy atom. The van der Waals surface area contributed by atoms with E-state index in [-0.39, 0.29) is 0 Å². The standard InChI is InChI=1S/C14H20ClN/c1-11(9-14(2,3)4)16-10-12-5-7-13(15)8-6-12/h5-8,10-11H,9H2,1-4H3. The van der Waals surface area contributed by atoms with Crippen molar-refractivity contribution < 1.29 is 0 Å². The molecule has 0 N–H and O–H groups in total. The van der Waals surface area contributed by atoms with Gasteiger partial charge in [-0.15, -0.1) is 0 Å². The highest BCUT2D eigenvalue weighted by Crippen LogP contribution is 2.22. The van der Waals surface area contributed by atoms with Crippen molar-refractivity contribution in [1.82, 2.24) is 0 Å². The molecule has 0 saturated carbocycles. The molecule has 0 fully saturated rings. The van der Waals surface area contributed by atoms with Gasteiger partial charge in [0.15, 0.2) is 0 Å². The number of aliphatic imine (C=N–C) groups is 1. The number of halogens is 1. The summed E-state index contributed by atoms with van der Waals surface area (Å²) in [5.74, 6) is 0. The monoisotopic (exact) mass is 237 g/mol. The zero-order valence-corrected chi connectivity index (χ0v) is 11.3. The van der Waals surface area contributed by atoms with E-state index in [1.54, 1.807) is 0 Å². The minimum atomic E-state index is 0.330. The van der Waals surface area contributed by atoms with Crippen molar-refractivity contribution in [3.8, 4) is 0 Å². The molecule has 1 nitrogen and oxygen atoms in total. The average molecular weight is 238 g/mol. The van der Waals surface area contributed by atoms with Gasteiger partial charge in [0.1, 0.15) is 0 Å². The molecule has 88 valence electrons. The number of nitrogens with zero attached hydrogens (tertiary/aromatic N) is 1. The molecule has 1 unspecified atom stereocenters. The normalized spacial score (nSPS) is 14.3. The number of hydrogen-bond donors (Lipinski definition) is 0. The van der Waals surface area contributed by atoms with Crippen molar-refractivity contribution in [2.24, 2.45) is 10.4 Å². The van der Waals surface area contributed by atoms with E-state index in [2.05, 4.69) is 32.7 Å². The molecular formula is C14H20ClN. The highest BCUT2D eigenvalue weighted by molar-refractivity contribution is 6.30. The van der Waals surface area contributed by atoms with Gasteiger partial charge in [-0.2, -0.15) is 0 Å². The van der Waals surface area contributed by atoms with E-state index in [1.807, 2.05) is 30.5 Å². The Bertz CT molecular complexity index is 346. The van der Waals surface area contributed by atoms with Gasteiger partial charge in [-0.05, 0) is 36.5 Å². The Hall–Kier alpha value is -0.820. The maximum atomic E-state index is 5.82. The summed E-state index contributed by atoms with van der Waals surface area (Å²) in [4.78, 5) is 4.54. The Morgan fingerprint density at radius 1 is 1.25 bits per heavy atom. The maximum Gasteiger partial charge on any atom is 0.0476 e. The largest absolute Gasteiger partial charge is 0.290 e. The fourth-order valence-corrected chi connectivity index (χ4v) is 1.83. The summed E-state index contributed by atoms with van der Waals surface area (Å²) in [6, 6.07) is 8.09. The van der Waals surface area contributed by atoms with Crippen molar-refractivity contribution >= 4 is 17.8 Å². The van der Waals surface area contributed by atoms with Crippen molar-refractivity contribution in [3.63, 3.8) is 0 Å². The van der Waals surface area contributed by atoms with Crippen molar-refractivity contribution in [2.45, 2.75) is 40.2 Å². The smallest absolute Gasteiger partial charge is 0.0476 e. The number of hydrogen-bond acceptors (Lipinski definition) is 1. The third-order valence-electron chi connectivity index (χ3n) is 2.26. The van der Waals surface area contributed by atoms with Crippen molar-refractivity contribution in [2.75, 3.05) is 0 Å². The van der Waals surface area contributed by atoms with Crippen LogP contribution in [0.15, 0.2) is 29.3 Å². The van der Waals surface area contributed by atoms with E-state index in [1.165, 1.54) is 0 Å². The van der Waals surface area contributed by atoms with Crippen LogP contribution in [0.1, 0.15) is 39.7 Å². The second-order valence-corrected chi connectivity index (χ2v) is 5.88. The third-order valence-corrected chi connectivity index (χ3v) is 2.51. The molecule has 16 heavy (non-hydrogen) atoms. The molecular weight excluding hydrogens is 218 g/mol. The molecule has 1 aromatic rings. The van der Waals surface area contributed by atoms with Crippen LogP contribution in [0.4, 0.5) is 0 Å². The summed E-state index contributed by atoms with van der Waals surface area (Å²) in [5, 5.41) is 0.764. The fourth-order valence-electron chi connectivity index (χ4n) is 1.70. The summed E-state index contributed by atoms with van der Waals surface area (Å²) in [6.45, 7) is 8.86. The highest BCUT2D eigenvalue weighted by atomic mass is 35.5. The SMILES string of the molecule is CC(CC(C)(C)C)N=Cc1ccc(Cl)cc1. The molecule has 0 aliphatic rings. The lowest BCUT2D eigenvalue weighted by Crippen LogP contribution is -2.13. The molecule has 0 aliphatic carbocycles. The van der Waals surface area contributed by atoms with E-state index < -0.39 is 0 Å². The zero-order valence-electron chi connectivity index (χ0n) is 10.5. The van der Waals surface area contributed by atoms with Crippen molar-refractivity contribution in [1.29, 1.82) is 0 Å². The van der Waals surface area contributed by atoms with Gasteiger partial charge in [-0.1, -0.05) is 44.5 Å². The molecule has 0 amide bonds. The van der Waals surface area contributed by atoms with Gasteiger partial charge >= 0.3 is 0 Å². The predicted molar refractivity (Wildman–Crippen MR) is 72.6 cm³/mol. The van der Waals surface area contributed by atoms with Crippen LogP contribution in [0.25, 0.3) is 0 Å². The van der Waals surface area contributed by atoms with Gasteiger partial charge in [0.05, 0.1) is 0 Å². The van der Waals surface area contributed by atoms with Gasteiger partial charge in [0.25, 0.3) is 0 Å². The fraction of sp³-hybridized carbons (Fsp3) is 0.500. The summed E-state index contributed by atoms with van der Waals surface area (Å²) in [7, 11) is 0. The van der Waals surface area contributed by atoms with Crippen LogP contribution in [0, 0.1) is 5.41 Å². The molecule has 0 bridgehead atoms. The average Bonchev–Trinajstić information content (AvgIpc) is 2.14. The molecule has 1 rings (SSSR count). The minimum absolute atomic E-state index is 0.330. The first-order chi connectivity index (χ1) is 7.37. The summed E-state index contributed by atoms with van der Waals surface area (Å²) in [6.07, 6.45) is 3.02. The molecule has 0 spiro atoms. The highest BCUT2D eigenvalue weighted by Gasteiger charge is 2.13. The second-order valence-electron chi connectivity index (χ2n) is 5.44. The first kappa shape index (κ1) is 13.2. The predicted octanol–water partition coefficient (Wildman–Crippen LogP) is 4.58. The van der Waals surface area contributed by atoms with E-state index >= 15 is 0 Å². The van der Waals surface area contributed by atoms with Crippen LogP contribution in [-0.2, 0) is 0 Å². The van der Waals surface area contributed by atoms with Gasteiger partial charge in [-0.25, -0.2) is 0 Å². The summed E-state index contributed by atoms with van der Waals surface area (Å²) >= 11 is 5.82. The Labute approximate surface area is 104 Å². The zero-order chi connectivity index (χ0) is 12.2. The van der Waals surface area contributed by atoms with E-state index in [4.69, 9.17) is 11.6 Å². The maximum absolute atomic E-state index is 5.82. The lowest BCUT2D eigenvalue weighted by Gasteiger charge is -2.20. The van der Waals surface area contributed by atoms with Gasteiger partial charge in [0, 0.05) is 17.3 Å². The summed E-state index contributed by atoms with van der Waals surface area (Å²) in [5.41, 5.74) is 1.43. The van der Waals surface area contributed by atoms with Crippen LogP contribution in [0.5, 0.6) is 0 Å². The van der Waals surface area contributed by atoms with Crippen LogP contribution in [0.3, 0.4) is 0 Å². The van der Waals surface area contributed by atoms with E-state index in [0.717, 1.165) is 17.0 Å². The van der Waals surface area contributed by atoms with Crippen LogP contribution < -0.4 is 0 Å². The molecule has 0 radical (unpaired) electrons. The number of benzene rings is 1. The molecule has 1 aromatic carbocycles. The molecule has 0 heterocycles. The first-order valence-electron chi connectivity index (χ1n) is 5.65.